The van der Waals surface area contributed by atoms with Gasteiger partial charge in [-0.25, -0.2) is 0 Å². The Balaban J connectivity index is 0.00000211. The number of hydrazine groups is 1. The Morgan fingerprint density at radius 1 is 1.23 bits per heavy atom. The van der Waals surface area contributed by atoms with Gasteiger partial charge >= 0.3 is 0 Å². The molecule has 0 unspecified atom stereocenters. The van der Waals surface area contributed by atoms with Gasteiger partial charge in [-0.2, -0.15) is 0 Å². The Hall–Kier alpha value is -1.01. The van der Waals surface area contributed by atoms with Crippen molar-refractivity contribution >= 4 is 23.0 Å². The fraction of sp³-hybridized carbons (Fsp3) is 0.625. The standard InChI is InChI=1S/C14H25ClN4O.C2H6/c1-2-3-7-19(9-10-20)8-6-17-12-4-5-14(18-16)13(15)11-12;1-2/h4-5,11,17-18,20H,2-3,6-10,16H2,1H3;1-2H3. The molecule has 5 nitrogen and oxygen atoms in total. The zero-order valence-corrected chi connectivity index (χ0v) is 14.8. The van der Waals surface area contributed by atoms with Crippen LogP contribution in [0.15, 0.2) is 18.2 Å². The summed E-state index contributed by atoms with van der Waals surface area (Å²) in [6.07, 6.45) is 2.32. The van der Waals surface area contributed by atoms with Crippen LogP contribution in [0.25, 0.3) is 0 Å². The van der Waals surface area contributed by atoms with Gasteiger partial charge in [-0.1, -0.05) is 38.8 Å². The quantitative estimate of drug-likeness (QED) is 0.392. The normalized spacial score (nSPS) is 10.1. The third-order valence-corrected chi connectivity index (χ3v) is 3.44. The lowest BCUT2D eigenvalue weighted by Crippen LogP contribution is -2.32. The molecule has 0 aliphatic carbocycles. The molecule has 0 radical (unpaired) electrons. The van der Waals surface area contributed by atoms with Crippen LogP contribution in [0.5, 0.6) is 0 Å². The highest BCUT2D eigenvalue weighted by Crippen LogP contribution is 2.24. The van der Waals surface area contributed by atoms with Crippen LogP contribution in [0.4, 0.5) is 11.4 Å². The van der Waals surface area contributed by atoms with Gasteiger partial charge < -0.3 is 15.8 Å². The van der Waals surface area contributed by atoms with Crippen LogP contribution in [-0.2, 0) is 0 Å². The van der Waals surface area contributed by atoms with E-state index in [9.17, 15) is 0 Å². The summed E-state index contributed by atoms with van der Waals surface area (Å²) in [7, 11) is 0. The van der Waals surface area contributed by atoms with Gasteiger partial charge in [-0.3, -0.25) is 10.7 Å². The molecule has 6 heteroatoms. The van der Waals surface area contributed by atoms with Gasteiger partial charge in [0, 0.05) is 25.3 Å². The minimum atomic E-state index is 0.201. The molecule has 1 aromatic rings. The second-order valence-electron chi connectivity index (χ2n) is 4.68. The number of halogens is 1. The van der Waals surface area contributed by atoms with E-state index in [0.717, 1.165) is 38.3 Å². The van der Waals surface area contributed by atoms with E-state index in [1.54, 1.807) is 0 Å². The van der Waals surface area contributed by atoms with E-state index < -0.39 is 0 Å². The molecule has 0 saturated carbocycles. The van der Waals surface area contributed by atoms with E-state index in [0.29, 0.717) is 10.7 Å². The number of anilines is 2. The minimum Gasteiger partial charge on any atom is -0.395 e. The largest absolute Gasteiger partial charge is 0.395 e. The fourth-order valence-corrected chi connectivity index (χ4v) is 2.19. The maximum Gasteiger partial charge on any atom is 0.0673 e. The van der Waals surface area contributed by atoms with Crippen molar-refractivity contribution < 1.29 is 5.11 Å². The van der Waals surface area contributed by atoms with Crippen molar-refractivity contribution in [2.45, 2.75) is 33.6 Å². The van der Waals surface area contributed by atoms with E-state index >= 15 is 0 Å². The summed E-state index contributed by atoms with van der Waals surface area (Å²) in [5.74, 6) is 5.34. The summed E-state index contributed by atoms with van der Waals surface area (Å²) in [6, 6.07) is 5.62. The van der Waals surface area contributed by atoms with Gasteiger partial charge in [0.05, 0.1) is 17.3 Å². The van der Waals surface area contributed by atoms with Crippen LogP contribution >= 0.6 is 11.6 Å². The number of aliphatic hydroxyl groups excluding tert-OH is 1. The van der Waals surface area contributed by atoms with Crippen molar-refractivity contribution in [1.82, 2.24) is 4.90 Å². The zero-order valence-electron chi connectivity index (χ0n) is 14.0. The highest BCUT2D eigenvalue weighted by atomic mass is 35.5. The summed E-state index contributed by atoms with van der Waals surface area (Å²) >= 11 is 6.06. The van der Waals surface area contributed by atoms with E-state index in [1.165, 1.54) is 6.42 Å². The number of aliphatic hydroxyl groups is 1. The number of benzene rings is 1. The van der Waals surface area contributed by atoms with Crippen molar-refractivity contribution in [3.63, 3.8) is 0 Å². The van der Waals surface area contributed by atoms with Gasteiger partial charge in [0.1, 0.15) is 0 Å². The fourth-order valence-electron chi connectivity index (χ4n) is 1.96. The average molecular weight is 331 g/mol. The summed E-state index contributed by atoms with van der Waals surface area (Å²) in [6.45, 7) is 9.83. The third-order valence-electron chi connectivity index (χ3n) is 3.13. The minimum absolute atomic E-state index is 0.201. The van der Waals surface area contributed by atoms with Crippen LogP contribution in [0, 0.1) is 0 Å². The first-order valence-electron chi connectivity index (χ1n) is 8.04. The first-order chi connectivity index (χ1) is 10.7. The molecule has 0 bridgehead atoms. The molecule has 0 atom stereocenters. The van der Waals surface area contributed by atoms with Crippen LogP contribution in [0.1, 0.15) is 33.6 Å². The van der Waals surface area contributed by atoms with E-state index in [-0.39, 0.29) is 6.61 Å². The number of nitrogens with two attached hydrogens (primary N) is 1. The molecule has 22 heavy (non-hydrogen) atoms. The number of rotatable bonds is 10. The maximum atomic E-state index is 9.05. The Labute approximate surface area is 139 Å². The number of hydrogen-bond acceptors (Lipinski definition) is 5. The van der Waals surface area contributed by atoms with E-state index in [4.69, 9.17) is 22.6 Å². The number of unbranched alkanes of at least 4 members (excludes halogenated alkanes) is 1. The lowest BCUT2D eigenvalue weighted by atomic mass is 10.2. The molecule has 1 aromatic carbocycles. The second-order valence-corrected chi connectivity index (χ2v) is 5.09. The van der Waals surface area contributed by atoms with Crippen LogP contribution in [-0.4, -0.2) is 42.8 Å². The topological polar surface area (TPSA) is 73.5 Å². The Morgan fingerprint density at radius 2 is 1.95 bits per heavy atom. The summed E-state index contributed by atoms with van der Waals surface area (Å²) < 4.78 is 0. The predicted molar refractivity (Wildman–Crippen MR) is 97.5 cm³/mol. The van der Waals surface area contributed by atoms with Crippen LogP contribution in [0.2, 0.25) is 5.02 Å². The van der Waals surface area contributed by atoms with Crippen molar-refractivity contribution in [3.8, 4) is 0 Å². The first-order valence-corrected chi connectivity index (χ1v) is 8.42. The monoisotopic (exact) mass is 330 g/mol. The highest BCUT2D eigenvalue weighted by molar-refractivity contribution is 6.33. The van der Waals surface area contributed by atoms with Crippen molar-refractivity contribution in [1.29, 1.82) is 0 Å². The van der Waals surface area contributed by atoms with Gasteiger partial charge in [0.2, 0.25) is 0 Å². The molecule has 0 heterocycles. The van der Waals surface area contributed by atoms with E-state index in [2.05, 4.69) is 22.6 Å². The summed E-state index contributed by atoms with van der Waals surface area (Å²) in [5, 5.41) is 13.0. The molecule has 0 aromatic heterocycles. The molecule has 128 valence electrons. The maximum absolute atomic E-state index is 9.05. The van der Waals surface area contributed by atoms with Crippen molar-refractivity contribution in [2.24, 2.45) is 5.84 Å². The Morgan fingerprint density at radius 3 is 2.50 bits per heavy atom. The molecule has 1 rings (SSSR count). The zero-order chi connectivity index (χ0) is 16.8. The number of nitrogen functional groups attached to an aromatic ring is 1. The molecule has 0 fully saturated rings. The van der Waals surface area contributed by atoms with Crippen molar-refractivity contribution in [3.05, 3.63) is 23.2 Å². The van der Waals surface area contributed by atoms with Gasteiger partial charge in [0.15, 0.2) is 0 Å². The first kappa shape index (κ1) is 21.0. The second kappa shape index (κ2) is 13.6. The highest BCUT2D eigenvalue weighted by Gasteiger charge is 2.04. The molecular weight excluding hydrogens is 300 g/mol. The lowest BCUT2D eigenvalue weighted by molar-refractivity contribution is 0.198. The van der Waals surface area contributed by atoms with Crippen LogP contribution in [0.3, 0.4) is 0 Å². The predicted octanol–water partition coefficient (Wildman–Crippen LogP) is 3.16. The molecule has 0 saturated heterocycles. The van der Waals surface area contributed by atoms with Gasteiger partial charge in [0.25, 0.3) is 0 Å². The van der Waals surface area contributed by atoms with Crippen LogP contribution < -0.4 is 16.6 Å². The molecule has 0 amide bonds. The van der Waals surface area contributed by atoms with E-state index in [1.807, 2.05) is 32.0 Å². The molecule has 0 spiro atoms. The third kappa shape index (κ3) is 8.44. The number of nitrogens with one attached hydrogen (secondary N) is 2. The summed E-state index contributed by atoms with van der Waals surface area (Å²) in [4.78, 5) is 2.26. The Kier molecular flexibility index (Phi) is 13.0. The summed E-state index contributed by atoms with van der Waals surface area (Å²) in [5.41, 5.74) is 4.22. The molecule has 0 aliphatic heterocycles. The number of hydrogen-bond donors (Lipinski definition) is 4. The molecule has 0 aliphatic rings. The van der Waals surface area contributed by atoms with Gasteiger partial charge in [-0.15, -0.1) is 0 Å². The van der Waals surface area contributed by atoms with Gasteiger partial charge in [-0.05, 0) is 31.2 Å². The van der Waals surface area contributed by atoms with Crippen molar-refractivity contribution in [2.75, 3.05) is 43.5 Å². The number of nitrogens with zero attached hydrogens (tertiary/aromatic N) is 1. The smallest absolute Gasteiger partial charge is 0.0673 e. The lowest BCUT2D eigenvalue weighted by Gasteiger charge is -2.21. The SMILES string of the molecule is CC.CCCCN(CCO)CCNc1ccc(NN)c(Cl)c1. The molecule has 5 N–H and O–H groups in total. The molecular formula is C16H31ClN4O. The Bertz CT molecular complexity index is 390. The average Bonchev–Trinajstić information content (AvgIpc) is 2.54.